The fourth-order valence-corrected chi connectivity index (χ4v) is 2.19. The standard InChI is InChI=1S/C13H19N3O3/c1-8(2)9-7-10(16(3)15-9)11(17)14-13(12(18)19)5-4-6-13/h7-8H,4-6H2,1-3H3,(H,14,17)(H,18,19). The molecule has 1 aromatic rings. The predicted octanol–water partition coefficient (Wildman–Crippen LogP) is 1.28. The fourth-order valence-electron chi connectivity index (χ4n) is 2.19. The van der Waals surface area contributed by atoms with Gasteiger partial charge in [-0.05, 0) is 31.2 Å². The second-order valence-electron chi connectivity index (χ2n) is 5.43. The Balaban J connectivity index is 2.18. The van der Waals surface area contributed by atoms with Gasteiger partial charge in [0.25, 0.3) is 5.91 Å². The minimum absolute atomic E-state index is 0.227. The summed E-state index contributed by atoms with van der Waals surface area (Å²) >= 11 is 0. The molecule has 2 rings (SSSR count). The summed E-state index contributed by atoms with van der Waals surface area (Å²) in [4.78, 5) is 23.4. The van der Waals surface area contributed by atoms with Crippen LogP contribution >= 0.6 is 0 Å². The van der Waals surface area contributed by atoms with Gasteiger partial charge in [0.05, 0.1) is 5.69 Å². The number of aryl methyl sites for hydroxylation is 1. The van der Waals surface area contributed by atoms with Crippen molar-refractivity contribution in [3.05, 3.63) is 17.5 Å². The van der Waals surface area contributed by atoms with Gasteiger partial charge in [0.2, 0.25) is 0 Å². The van der Waals surface area contributed by atoms with Crippen molar-refractivity contribution in [2.75, 3.05) is 0 Å². The largest absolute Gasteiger partial charge is 0.480 e. The minimum Gasteiger partial charge on any atom is -0.480 e. The Labute approximate surface area is 111 Å². The number of carboxylic acids is 1. The first kappa shape index (κ1) is 13.6. The van der Waals surface area contributed by atoms with Gasteiger partial charge in [-0.3, -0.25) is 9.48 Å². The highest BCUT2D eigenvalue weighted by Crippen LogP contribution is 2.32. The monoisotopic (exact) mass is 265 g/mol. The summed E-state index contributed by atoms with van der Waals surface area (Å²) in [6, 6.07) is 1.72. The summed E-state index contributed by atoms with van der Waals surface area (Å²) in [6.07, 6.45) is 1.81. The molecule has 6 nitrogen and oxygen atoms in total. The molecule has 104 valence electrons. The summed E-state index contributed by atoms with van der Waals surface area (Å²) in [5, 5.41) is 16.1. The quantitative estimate of drug-likeness (QED) is 0.859. The molecular weight excluding hydrogens is 246 g/mol. The topological polar surface area (TPSA) is 84.2 Å². The molecule has 1 aliphatic carbocycles. The molecule has 0 atom stereocenters. The zero-order valence-corrected chi connectivity index (χ0v) is 11.4. The summed E-state index contributed by atoms with van der Waals surface area (Å²) in [5.41, 5.74) is 0.140. The van der Waals surface area contributed by atoms with Crippen molar-refractivity contribution in [1.82, 2.24) is 15.1 Å². The normalized spacial score (nSPS) is 17.1. The maximum absolute atomic E-state index is 12.2. The molecule has 19 heavy (non-hydrogen) atoms. The Kier molecular flexibility index (Phi) is 3.34. The molecule has 1 saturated carbocycles. The molecule has 1 amide bonds. The van der Waals surface area contributed by atoms with Crippen LogP contribution in [-0.2, 0) is 11.8 Å². The maximum Gasteiger partial charge on any atom is 0.329 e. The van der Waals surface area contributed by atoms with Gasteiger partial charge in [-0.1, -0.05) is 13.8 Å². The van der Waals surface area contributed by atoms with Crippen LogP contribution in [0.3, 0.4) is 0 Å². The van der Waals surface area contributed by atoms with Gasteiger partial charge < -0.3 is 10.4 Å². The average Bonchev–Trinajstić information content (AvgIpc) is 2.65. The van der Waals surface area contributed by atoms with Gasteiger partial charge in [-0.2, -0.15) is 5.10 Å². The van der Waals surface area contributed by atoms with Crippen molar-refractivity contribution in [1.29, 1.82) is 0 Å². The first-order valence-corrected chi connectivity index (χ1v) is 6.45. The number of carbonyl (C=O) groups excluding carboxylic acids is 1. The Hall–Kier alpha value is -1.85. The van der Waals surface area contributed by atoms with Gasteiger partial charge in [0, 0.05) is 7.05 Å². The van der Waals surface area contributed by atoms with Crippen molar-refractivity contribution in [3.63, 3.8) is 0 Å². The third-order valence-corrected chi connectivity index (χ3v) is 3.69. The summed E-state index contributed by atoms with van der Waals surface area (Å²) in [7, 11) is 1.69. The second-order valence-corrected chi connectivity index (χ2v) is 5.43. The van der Waals surface area contributed by atoms with E-state index in [1.807, 2.05) is 13.8 Å². The molecule has 1 aliphatic rings. The maximum atomic E-state index is 12.2. The van der Waals surface area contributed by atoms with Crippen LogP contribution in [-0.4, -0.2) is 32.3 Å². The van der Waals surface area contributed by atoms with E-state index in [1.54, 1.807) is 13.1 Å². The Morgan fingerprint density at radius 2 is 2.11 bits per heavy atom. The minimum atomic E-state index is -1.08. The number of hydrogen-bond acceptors (Lipinski definition) is 3. The second kappa shape index (κ2) is 4.68. The number of nitrogens with zero attached hydrogens (tertiary/aromatic N) is 2. The van der Waals surface area contributed by atoms with E-state index in [0.29, 0.717) is 18.5 Å². The number of hydrogen-bond donors (Lipinski definition) is 2. The van der Waals surface area contributed by atoms with Crippen LogP contribution in [0.5, 0.6) is 0 Å². The molecule has 0 saturated heterocycles. The van der Waals surface area contributed by atoms with Crippen molar-refractivity contribution in [3.8, 4) is 0 Å². The molecule has 1 fully saturated rings. The highest BCUT2D eigenvalue weighted by atomic mass is 16.4. The van der Waals surface area contributed by atoms with E-state index in [-0.39, 0.29) is 11.8 Å². The SMILES string of the molecule is CC(C)c1cc(C(=O)NC2(C(=O)O)CCC2)n(C)n1. The molecule has 2 N–H and O–H groups in total. The number of rotatable bonds is 4. The molecule has 6 heteroatoms. The number of carbonyl (C=O) groups is 2. The average molecular weight is 265 g/mol. The van der Waals surface area contributed by atoms with E-state index < -0.39 is 11.5 Å². The summed E-state index contributed by atoms with van der Waals surface area (Å²) < 4.78 is 1.50. The summed E-state index contributed by atoms with van der Waals surface area (Å²) in [5.74, 6) is -1.10. The van der Waals surface area contributed by atoms with Crippen molar-refractivity contribution in [2.24, 2.45) is 7.05 Å². The number of aromatic nitrogens is 2. The zero-order chi connectivity index (χ0) is 14.2. The zero-order valence-electron chi connectivity index (χ0n) is 11.4. The van der Waals surface area contributed by atoms with E-state index in [2.05, 4.69) is 10.4 Å². The van der Waals surface area contributed by atoms with Crippen molar-refractivity contribution in [2.45, 2.75) is 44.6 Å². The Morgan fingerprint density at radius 1 is 1.47 bits per heavy atom. The lowest BCUT2D eigenvalue weighted by atomic mass is 9.76. The number of carboxylic acid groups (broad SMARTS) is 1. The predicted molar refractivity (Wildman–Crippen MR) is 69.0 cm³/mol. The number of nitrogens with one attached hydrogen (secondary N) is 1. The lowest BCUT2D eigenvalue weighted by Crippen LogP contribution is -2.59. The fraction of sp³-hybridized carbons (Fsp3) is 0.615. The van der Waals surface area contributed by atoms with E-state index in [0.717, 1.165) is 12.1 Å². The Morgan fingerprint density at radius 3 is 2.47 bits per heavy atom. The Bertz CT molecular complexity index is 515. The third kappa shape index (κ3) is 2.34. The smallest absolute Gasteiger partial charge is 0.329 e. The molecule has 1 aromatic heterocycles. The molecule has 0 aliphatic heterocycles. The number of aliphatic carboxylic acids is 1. The van der Waals surface area contributed by atoms with Gasteiger partial charge in [-0.25, -0.2) is 4.79 Å². The lowest BCUT2D eigenvalue weighted by Gasteiger charge is -2.38. The molecule has 1 heterocycles. The molecule has 0 spiro atoms. The van der Waals surface area contributed by atoms with E-state index in [9.17, 15) is 14.7 Å². The van der Waals surface area contributed by atoms with E-state index in [1.165, 1.54) is 4.68 Å². The van der Waals surface area contributed by atoms with Crippen LogP contribution in [0.25, 0.3) is 0 Å². The molecular formula is C13H19N3O3. The highest BCUT2D eigenvalue weighted by molar-refractivity contribution is 5.97. The van der Waals surface area contributed by atoms with Crippen LogP contribution < -0.4 is 5.32 Å². The van der Waals surface area contributed by atoms with Crippen LogP contribution in [0.4, 0.5) is 0 Å². The highest BCUT2D eigenvalue weighted by Gasteiger charge is 2.46. The van der Waals surface area contributed by atoms with Crippen LogP contribution in [0.2, 0.25) is 0 Å². The van der Waals surface area contributed by atoms with Gasteiger partial charge in [0.15, 0.2) is 0 Å². The van der Waals surface area contributed by atoms with Crippen LogP contribution in [0.1, 0.15) is 55.2 Å². The lowest BCUT2D eigenvalue weighted by molar-refractivity contribution is -0.148. The van der Waals surface area contributed by atoms with Crippen molar-refractivity contribution < 1.29 is 14.7 Å². The van der Waals surface area contributed by atoms with Gasteiger partial charge in [0.1, 0.15) is 11.2 Å². The van der Waals surface area contributed by atoms with Crippen LogP contribution in [0.15, 0.2) is 6.07 Å². The third-order valence-electron chi connectivity index (χ3n) is 3.69. The van der Waals surface area contributed by atoms with E-state index >= 15 is 0 Å². The van der Waals surface area contributed by atoms with Gasteiger partial charge in [-0.15, -0.1) is 0 Å². The first-order chi connectivity index (χ1) is 8.85. The summed E-state index contributed by atoms with van der Waals surface area (Å²) in [6.45, 7) is 3.99. The molecule has 0 aromatic carbocycles. The van der Waals surface area contributed by atoms with Crippen LogP contribution in [0, 0.1) is 0 Å². The van der Waals surface area contributed by atoms with Gasteiger partial charge >= 0.3 is 5.97 Å². The van der Waals surface area contributed by atoms with Crippen molar-refractivity contribution >= 4 is 11.9 Å². The molecule has 0 radical (unpaired) electrons. The number of amides is 1. The first-order valence-electron chi connectivity index (χ1n) is 6.45. The van der Waals surface area contributed by atoms with E-state index in [4.69, 9.17) is 0 Å². The molecule has 0 unspecified atom stereocenters. The molecule has 0 bridgehead atoms.